The van der Waals surface area contributed by atoms with Crippen molar-refractivity contribution >= 4 is 11.9 Å². The Hall–Kier alpha value is -1.89. The van der Waals surface area contributed by atoms with Gasteiger partial charge in [0, 0.05) is 6.54 Å². The van der Waals surface area contributed by atoms with Crippen LogP contribution in [0.3, 0.4) is 0 Å². The highest BCUT2D eigenvalue weighted by Crippen LogP contribution is 2.13. The minimum atomic E-state index is -1.31. The number of hydrogen-bond donors (Lipinski definition) is 1. The molecule has 0 unspecified atom stereocenters. The molecule has 0 bridgehead atoms. The van der Waals surface area contributed by atoms with Crippen molar-refractivity contribution in [1.29, 1.82) is 0 Å². The third-order valence-corrected chi connectivity index (χ3v) is 3.13. The molecule has 0 atom stereocenters. The first kappa shape index (κ1) is 12.6. The van der Waals surface area contributed by atoms with Crippen LogP contribution in [0.2, 0.25) is 0 Å². The van der Waals surface area contributed by atoms with Gasteiger partial charge in [-0.25, -0.2) is 0 Å². The third kappa shape index (κ3) is 2.35. The van der Waals surface area contributed by atoms with Crippen LogP contribution in [0.1, 0.15) is 10.6 Å². The fraction of sp³-hybridized carbons (Fsp3) is 0.545. The first-order valence-electron chi connectivity index (χ1n) is 5.95. The molecule has 98 valence electrons. The van der Waals surface area contributed by atoms with Gasteiger partial charge in [-0.1, -0.05) is 6.08 Å². The number of allylic oxidation sites excluding steroid dienone is 1. The number of rotatable bonds is 4. The maximum Gasteiger partial charge on any atom is 0.228 e. The average molecular weight is 251 g/mol. The fourth-order valence-corrected chi connectivity index (χ4v) is 2.07. The van der Waals surface area contributed by atoms with Gasteiger partial charge in [0.2, 0.25) is 5.95 Å². The van der Waals surface area contributed by atoms with Crippen LogP contribution in [0, 0.1) is 0 Å². The van der Waals surface area contributed by atoms with Crippen LogP contribution in [0.15, 0.2) is 12.7 Å². The number of aromatic carboxylic acids is 1. The minimum absolute atomic E-state index is 0.142. The number of nitrogens with zero attached hydrogens (tertiary/aromatic N) is 4. The van der Waals surface area contributed by atoms with Gasteiger partial charge in [0.25, 0.3) is 0 Å². The number of nitrogens with one attached hydrogen (secondary N) is 1. The van der Waals surface area contributed by atoms with Crippen LogP contribution in [0.5, 0.6) is 0 Å². The summed E-state index contributed by atoms with van der Waals surface area (Å²) in [6, 6.07) is 0. The van der Waals surface area contributed by atoms with Gasteiger partial charge in [-0.3, -0.25) is 4.57 Å². The van der Waals surface area contributed by atoms with E-state index in [9.17, 15) is 9.90 Å². The summed E-state index contributed by atoms with van der Waals surface area (Å²) in [5.74, 6) is -0.867. The Labute approximate surface area is 105 Å². The summed E-state index contributed by atoms with van der Waals surface area (Å²) in [5.41, 5.74) is 0. The highest BCUT2D eigenvalue weighted by Gasteiger charge is 2.23. The summed E-state index contributed by atoms with van der Waals surface area (Å²) in [6.07, 6.45) is 1.63. The highest BCUT2D eigenvalue weighted by molar-refractivity contribution is 5.82. The fourth-order valence-electron chi connectivity index (χ4n) is 2.07. The van der Waals surface area contributed by atoms with Crippen LogP contribution in [-0.4, -0.2) is 54.0 Å². The zero-order chi connectivity index (χ0) is 13.1. The number of carbonyl (C=O) groups is 1. The Morgan fingerprint density at radius 2 is 2.17 bits per heavy atom. The molecule has 0 saturated carbocycles. The minimum Gasteiger partial charge on any atom is -0.541 e. The van der Waals surface area contributed by atoms with Gasteiger partial charge >= 0.3 is 0 Å². The van der Waals surface area contributed by atoms with Crippen LogP contribution in [0.4, 0.5) is 5.95 Å². The molecule has 1 N–H and O–H groups in total. The Bertz CT molecular complexity index is 448. The van der Waals surface area contributed by atoms with Crippen molar-refractivity contribution in [3.05, 3.63) is 18.5 Å². The van der Waals surface area contributed by atoms with Crippen molar-refractivity contribution in [3.8, 4) is 0 Å². The molecule has 7 nitrogen and oxygen atoms in total. The molecule has 0 aliphatic carbocycles. The Kier molecular flexibility index (Phi) is 3.61. The third-order valence-electron chi connectivity index (χ3n) is 3.13. The second-order valence-electron chi connectivity index (χ2n) is 4.45. The Morgan fingerprint density at radius 1 is 1.50 bits per heavy atom. The molecular weight excluding hydrogens is 234 g/mol. The van der Waals surface area contributed by atoms with Crippen molar-refractivity contribution in [2.75, 3.05) is 38.1 Å². The molecule has 1 saturated heterocycles. The number of aromatic nitrogens is 3. The van der Waals surface area contributed by atoms with Crippen LogP contribution in [0.25, 0.3) is 0 Å². The smallest absolute Gasteiger partial charge is 0.228 e. The lowest BCUT2D eigenvalue weighted by Crippen LogP contribution is -3.12. The van der Waals surface area contributed by atoms with Gasteiger partial charge in [0.05, 0.1) is 33.2 Å². The molecule has 1 aromatic heterocycles. The van der Waals surface area contributed by atoms with E-state index < -0.39 is 5.97 Å². The number of carboxylic acid groups (broad SMARTS) is 1. The SMILES string of the molecule is C=CCn1c(C(=O)[O-])nnc1N1CC[NH+](C)CC1. The van der Waals surface area contributed by atoms with Crippen molar-refractivity contribution in [3.63, 3.8) is 0 Å². The molecule has 0 radical (unpaired) electrons. The van der Waals surface area contributed by atoms with E-state index in [4.69, 9.17) is 0 Å². The van der Waals surface area contributed by atoms with E-state index >= 15 is 0 Å². The molecule has 18 heavy (non-hydrogen) atoms. The largest absolute Gasteiger partial charge is 0.541 e. The topological polar surface area (TPSA) is 78.5 Å². The molecule has 0 amide bonds. The number of anilines is 1. The Morgan fingerprint density at radius 3 is 2.72 bits per heavy atom. The molecule has 1 fully saturated rings. The lowest BCUT2D eigenvalue weighted by atomic mass is 10.3. The lowest BCUT2D eigenvalue weighted by molar-refractivity contribution is -0.880. The Balaban J connectivity index is 2.26. The molecule has 2 heterocycles. The number of hydrogen-bond acceptors (Lipinski definition) is 5. The summed E-state index contributed by atoms with van der Waals surface area (Å²) in [4.78, 5) is 14.5. The van der Waals surface area contributed by atoms with E-state index in [-0.39, 0.29) is 5.82 Å². The number of quaternary nitrogens is 1. The van der Waals surface area contributed by atoms with Crippen LogP contribution < -0.4 is 14.9 Å². The number of carboxylic acids is 1. The summed E-state index contributed by atoms with van der Waals surface area (Å²) >= 11 is 0. The van der Waals surface area contributed by atoms with Gasteiger partial charge in [0.1, 0.15) is 5.97 Å². The number of likely N-dealkylation sites (N-methyl/N-ethyl adjacent to an activating group) is 1. The van der Waals surface area contributed by atoms with Gasteiger partial charge in [-0.05, 0) is 0 Å². The van der Waals surface area contributed by atoms with Gasteiger partial charge in [-0.15, -0.1) is 16.8 Å². The zero-order valence-electron chi connectivity index (χ0n) is 10.4. The normalized spacial score (nSPS) is 16.8. The van der Waals surface area contributed by atoms with E-state index in [1.54, 1.807) is 6.08 Å². The predicted molar refractivity (Wildman–Crippen MR) is 63.4 cm³/mol. The maximum atomic E-state index is 11.0. The highest BCUT2D eigenvalue weighted by atomic mass is 16.4. The first-order chi connectivity index (χ1) is 8.63. The molecule has 1 aliphatic heterocycles. The second kappa shape index (κ2) is 5.18. The molecule has 0 spiro atoms. The predicted octanol–water partition coefficient (Wildman–Crippen LogP) is -2.84. The van der Waals surface area contributed by atoms with E-state index in [0.717, 1.165) is 26.2 Å². The average Bonchev–Trinajstić information content (AvgIpc) is 2.74. The number of carbonyl (C=O) groups excluding carboxylic acids is 1. The first-order valence-corrected chi connectivity index (χ1v) is 5.95. The summed E-state index contributed by atoms with van der Waals surface area (Å²) in [5, 5.41) is 18.6. The number of piperazine rings is 1. The van der Waals surface area contributed by atoms with Crippen molar-refractivity contribution in [1.82, 2.24) is 14.8 Å². The standard InChI is InChI=1S/C11H17N5O2/c1-3-4-16-9(10(17)18)12-13-11(16)15-7-5-14(2)6-8-15/h3H,1,4-8H2,2H3,(H,17,18). The van der Waals surface area contributed by atoms with Crippen molar-refractivity contribution in [2.24, 2.45) is 0 Å². The molecule has 1 aromatic rings. The summed E-state index contributed by atoms with van der Waals surface area (Å²) in [6.45, 7) is 7.67. The molecule has 0 aromatic carbocycles. The quantitative estimate of drug-likeness (QED) is 0.583. The molecular formula is C11H17N5O2. The zero-order valence-corrected chi connectivity index (χ0v) is 10.4. The van der Waals surface area contributed by atoms with E-state index in [1.807, 2.05) is 0 Å². The van der Waals surface area contributed by atoms with Crippen LogP contribution >= 0.6 is 0 Å². The van der Waals surface area contributed by atoms with Gasteiger partial charge in [0.15, 0.2) is 5.82 Å². The second-order valence-corrected chi connectivity index (χ2v) is 4.45. The monoisotopic (exact) mass is 251 g/mol. The summed E-state index contributed by atoms with van der Waals surface area (Å²) < 4.78 is 1.53. The maximum absolute atomic E-state index is 11.0. The van der Waals surface area contributed by atoms with E-state index in [2.05, 4.69) is 28.7 Å². The van der Waals surface area contributed by atoms with E-state index in [1.165, 1.54) is 9.47 Å². The van der Waals surface area contributed by atoms with E-state index in [0.29, 0.717) is 12.5 Å². The van der Waals surface area contributed by atoms with Crippen molar-refractivity contribution in [2.45, 2.75) is 6.54 Å². The van der Waals surface area contributed by atoms with Crippen LogP contribution in [-0.2, 0) is 6.54 Å². The lowest BCUT2D eigenvalue weighted by Gasteiger charge is -2.30. The van der Waals surface area contributed by atoms with Gasteiger partial charge < -0.3 is 19.7 Å². The van der Waals surface area contributed by atoms with Gasteiger partial charge in [-0.2, -0.15) is 0 Å². The summed E-state index contributed by atoms with van der Waals surface area (Å²) in [7, 11) is 2.14. The molecule has 7 heteroatoms. The molecule has 2 rings (SSSR count). The van der Waals surface area contributed by atoms with Crippen molar-refractivity contribution < 1.29 is 14.8 Å². The molecule has 1 aliphatic rings.